The van der Waals surface area contributed by atoms with Gasteiger partial charge in [-0.3, -0.25) is 9.59 Å². The third-order valence-corrected chi connectivity index (χ3v) is 2.29. The fourth-order valence-electron chi connectivity index (χ4n) is 1.06. The normalized spacial score (nSPS) is 11.5. The van der Waals surface area contributed by atoms with Gasteiger partial charge >= 0.3 is 5.97 Å². The van der Waals surface area contributed by atoms with Crippen molar-refractivity contribution in [3.8, 4) is 0 Å². The van der Waals surface area contributed by atoms with Crippen LogP contribution in [0.15, 0.2) is 17.0 Å². The molecular formula is C12H16N2O3S. The van der Waals surface area contributed by atoms with Crippen molar-refractivity contribution in [2.45, 2.75) is 26.4 Å². The second kappa shape index (κ2) is 6.30. The predicted octanol–water partition coefficient (Wildman–Crippen LogP) is 1.61. The molecule has 0 atom stereocenters. The highest BCUT2D eigenvalue weighted by molar-refractivity contribution is 7.07. The van der Waals surface area contributed by atoms with Gasteiger partial charge in [-0.15, -0.1) is 11.3 Å². The Hall–Kier alpha value is -1.69. The molecule has 1 rings (SSSR count). The summed E-state index contributed by atoms with van der Waals surface area (Å²) in [6.07, 6.45) is 2.92. The maximum absolute atomic E-state index is 11.4. The van der Waals surface area contributed by atoms with E-state index in [0.717, 1.165) is 0 Å². The van der Waals surface area contributed by atoms with Gasteiger partial charge in [-0.05, 0) is 26.8 Å². The van der Waals surface area contributed by atoms with Crippen LogP contribution in [0.1, 0.15) is 26.5 Å². The molecule has 0 spiro atoms. The molecule has 1 amide bonds. The molecule has 5 nitrogen and oxygen atoms in total. The second-order valence-electron chi connectivity index (χ2n) is 4.55. The molecule has 0 aliphatic carbocycles. The van der Waals surface area contributed by atoms with Gasteiger partial charge in [0.2, 0.25) is 5.91 Å². The van der Waals surface area contributed by atoms with E-state index in [1.54, 1.807) is 32.4 Å². The monoisotopic (exact) mass is 268 g/mol. The lowest BCUT2D eigenvalue weighted by atomic mass is 10.2. The average Bonchev–Trinajstić information content (AvgIpc) is 2.74. The molecule has 0 radical (unpaired) electrons. The van der Waals surface area contributed by atoms with Gasteiger partial charge in [0.05, 0.1) is 11.2 Å². The van der Waals surface area contributed by atoms with E-state index >= 15 is 0 Å². The van der Waals surface area contributed by atoms with E-state index < -0.39 is 11.6 Å². The van der Waals surface area contributed by atoms with E-state index in [1.807, 2.05) is 5.38 Å². The zero-order chi connectivity index (χ0) is 13.6. The second-order valence-corrected chi connectivity index (χ2v) is 5.27. The molecule has 18 heavy (non-hydrogen) atoms. The Morgan fingerprint density at radius 1 is 1.50 bits per heavy atom. The highest BCUT2D eigenvalue weighted by Crippen LogP contribution is 2.06. The molecule has 0 fully saturated rings. The lowest BCUT2D eigenvalue weighted by Crippen LogP contribution is -2.33. The van der Waals surface area contributed by atoms with Crippen LogP contribution < -0.4 is 5.32 Å². The largest absolute Gasteiger partial charge is 0.459 e. The number of amides is 1. The molecule has 1 aromatic heterocycles. The number of esters is 1. The first-order valence-corrected chi connectivity index (χ1v) is 6.37. The number of rotatable bonds is 4. The van der Waals surface area contributed by atoms with Crippen molar-refractivity contribution in [3.05, 3.63) is 22.7 Å². The fraction of sp³-hybridized carbons (Fsp3) is 0.417. The number of nitrogens with zero attached hydrogens (tertiary/aromatic N) is 1. The minimum atomic E-state index is -0.543. The van der Waals surface area contributed by atoms with Gasteiger partial charge in [0.15, 0.2) is 0 Å². The van der Waals surface area contributed by atoms with Gasteiger partial charge in [0.1, 0.15) is 12.1 Å². The quantitative estimate of drug-likeness (QED) is 0.665. The maximum atomic E-state index is 11.4. The van der Waals surface area contributed by atoms with Crippen molar-refractivity contribution >= 4 is 29.3 Å². The van der Waals surface area contributed by atoms with Crippen LogP contribution >= 0.6 is 11.3 Å². The third kappa shape index (κ3) is 6.15. The fourth-order valence-corrected chi connectivity index (χ4v) is 1.58. The van der Waals surface area contributed by atoms with Crippen LogP contribution in [0, 0.1) is 0 Å². The maximum Gasteiger partial charge on any atom is 0.325 e. The summed E-state index contributed by atoms with van der Waals surface area (Å²) in [6.45, 7) is 5.18. The summed E-state index contributed by atoms with van der Waals surface area (Å²) in [5, 5.41) is 4.26. The van der Waals surface area contributed by atoms with E-state index in [1.165, 1.54) is 17.4 Å². The molecule has 0 saturated heterocycles. The molecule has 0 saturated carbocycles. The van der Waals surface area contributed by atoms with Gasteiger partial charge in [-0.1, -0.05) is 0 Å². The van der Waals surface area contributed by atoms with E-state index in [4.69, 9.17) is 4.74 Å². The minimum absolute atomic E-state index is 0.141. The SMILES string of the molecule is CC(C)(C)OC(=O)CNC(=O)/C=C/c1cscn1. The molecule has 98 valence electrons. The van der Waals surface area contributed by atoms with Crippen molar-refractivity contribution in [2.24, 2.45) is 0 Å². The zero-order valence-corrected chi connectivity index (χ0v) is 11.4. The Labute approximate surface area is 110 Å². The van der Waals surface area contributed by atoms with Crippen LogP contribution in [0.3, 0.4) is 0 Å². The third-order valence-electron chi connectivity index (χ3n) is 1.68. The number of hydrogen-bond donors (Lipinski definition) is 1. The molecule has 0 unspecified atom stereocenters. The minimum Gasteiger partial charge on any atom is -0.459 e. The summed E-state index contributed by atoms with van der Waals surface area (Å²) in [6, 6.07) is 0. The van der Waals surface area contributed by atoms with Crippen molar-refractivity contribution < 1.29 is 14.3 Å². The summed E-state index contributed by atoms with van der Waals surface area (Å²) in [5.74, 6) is -0.813. The van der Waals surface area contributed by atoms with Crippen LogP contribution in [0.5, 0.6) is 0 Å². The van der Waals surface area contributed by atoms with Crippen LogP contribution in [-0.2, 0) is 14.3 Å². The number of aromatic nitrogens is 1. The van der Waals surface area contributed by atoms with E-state index in [2.05, 4.69) is 10.3 Å². The van der Waals surface area contributed by atoms with Gasteiger partial charge in [-0.2, -0.15) is 0 Å². The smallest absolute Gasteiger partial charge is 0.325 e. The standard InChI is InChI=1S/C12H16N2O3S/c1-12(2,3)17-11(16)6-13-10(15)5-4-9-7-18-8-14-9/h4-5,7-8H,6H2,1-3H3,(H,13,15)/b5-4+. The molecule has 1 aromatic rings. The topological polar surface area (TPSA) is 68.3 Å². The number of thiazole rings is 1. The van der Waals surface area contributed by atoms with E-state index in [-0.39, 0.29) is 12.5 Å². The van der Waals surface area contributed by atoms with Crippen LogP contribution in [0.2, 0.25) is 0 Å². The highest BCUT2D eigenvalue weighted by Gasteiger charge is 2.16. The summed E-state index contributed by atoms with van der Waals surface area (Å²) >= 11 is 1.45. The summed E-state index contributed by atoms with van der Waals surface area (Å²) < 4.78 is 5.05. The molecule has 0 aliphatic heterocycles. The Bertz CT molecular complexity index is 433. The first-order chi connectivity index (χ1) is 8.37. The number of carbonyl (C=O) groups excluding carboxylic acids is 2. The lowest BCUT2D eigenvalue weighted by Gasteiger charge is -2.19. The average molecular weight is 268 g/mol. The van der Waals surface area contributed by atoms with Crippen molar-refractivity contribution in [1.29, 1.82) is 0 Å². The van der Waals surface area contributed by atoms with E-state index in [0.29, 0.717) is 5.69 Å². The zero-order valence-electron chi connectivity index (χ0n) is 10.6. The number of ether oxygens (including phenoxy) is 1. The van der Waals surface area contributed by atoms with Crippen LogP contribution in [0.25, 0.3) is 6.08 Å². The Morgan fingerprint density at radius 2 is 2.22 bits per heavy atom. The molecule has 1 N–H and O–H groups in total. The highest BCUT2D eigenvalue weighted by atomic mass is 32.1. The van der Waals surface area contributed by atoms with E-state index in [9.17, 15) is 9.59 Å². The Morgan fingerprint density at radius 3 is 2.78 bits per heavy atom. The summed E-state index contributed by atoms with van der Waals surface area (Å²) in [7, 11) is 0. The Balaban J connectivity index is 2.31. The lowest BCUT2D eigenvalue weighted by molar-refractivity contribution is -0.154. The number of nitrogens with one attached hydrogen (secondary N) is 1. The van der Waals surface area contributed by atoms with Crippen molar-refractivity contribution in [1.82, 2.24) is 10.3 Å². The van der Waals surface area contributed by atoms with Crippen molar-refractivity contribution in [3.63, 3.8) is 0 Å². The number of hydrogen-bond acceptors (Lipinski definition) is 5. The summed E-state index contributed by atoms with van der Waals surface area (Å²) in [4.78, 5) is 26.7. The van der Waals surface area contributed by atoms with Crippen LogP contribution in [0.4, 0.5) is 0 Å². The van der Waals surface area contributed by atoms with Gasteiger partial charge in [0, 0.05) is 11.5 Å². The first-order valence-electron chi connectivity index (χ1n) is 5.43. The van der Waals surface area contributed by atoms with Gasteiger partial charge < -0.3 is 10.1 Å². The Kier molecular flexibility index (Phi) is 5.03. The van der Waals surface area contributed by atoms with Crippen molar-refractivity contribution in [2.75, 3.05) is 6.54 Å². The molecule has 1 heterocycles. The molecular weight excluding hydrogens is 252 g/mol. The van der Waals surface area contributed by atoms with Crippen LogP contribution in [-0.4, -0.2) is 29.0 Å². The molecule has 0 aromatic carbocycles. The predicted molar refractivity (Wildman–Crippen MR) is 70.0 cm³/mol. The van der Waals surface area contributed by atoms with Gasteiger partial charge in [0.25, 0.3) is 0 Å². The first kappa shape index (κ1) is 14.4. The molecule has 0 aliphatic rings. The van der Waals surface area contributed by atoms with Gasteiger partial charge in [-0.25, -0.2) is 4.98 Å². The molecule has 0 bridgehead atoms. The number of carbonyl (C=O) groups is 2. The summed E-state index contributed by atoms with van der Waals surface area (Å²) in [5.41, 5.74) is 1.85. The molecule has 6 heteroatoms.